The van der Waals surface area contributed by atoms with Gasteiger partial charge in [-0.3, -0.25) is 4.57 Å². The van der Waals surface area contributed by atoms with Gasteiger partial charge in [0.1, 0.15) is 5.65 Å². The van der Waals surface area contributed by atoms with E-state index in [2.05, 4.69) is 229 Å². The first-order valence-corrected chi connectivity index (χ1v) is 20.8. The number of nitrogens with zero attached hydrogens (tertiary/aromatic N) is 3. The first-order valence-electron chi connectivity index (χ1n) is 20.8. The highest BCUT2D eigenvalue weighted by atomic mass is 15.1. The van der Waals surface area contributed by atoms with Crippen molar-refractivity contribution in [3.05, 3.63) is 224 Å². The topological polar surface area (TPSA) is 30.7 Å². The first-order chi connectivity index (χ1) is 30.2. The molecule has 0 spiro atoms. The standard InChI is InChI=1S/C58H37N3/c1-3-16-38(17-4-1)39-18-14-22-44(35-39)56-55-52-30-11-12-31-54(52)61(46-24-5-2-6-25-46)58(55)60-57(59-56)45-23-15-21-42(36-45)40-19-13-20-41(34-40)43-32-33-51-49-28-8-7-26-47(49)48-27-9-10-29-50(48)53(51)37-43/h1-37H. The van der Waals surface area contributed by atoms with Gasteiger partial charge in [0.25, 0.3) is 0 Å². The highest BCUT2D eigenvalue weighted by Gasteiger charge is 2.21. The molecule has 3 nitrogen and oxygen atoms in total. The molecule has 0 aliphatic rings. The first kappa shape index (κ1) is 34.9. The Bertz CT molecular complexity index is 3610. The van der Waals surface area contributed by atoms with Crippen LogP contribution in [0.2, 0.25) is 0 Å². The molecule has 0 unspecified atom stereocenters. The van der Waals surface area contributed by atoms with E-state index >= 15 is 0 Å². The molecule has 0 saturated heterocycles. The van der Waals surface area contributed by atoms with Crippen LogP contribution >= 0.6 is 0 Å². The van der Waals surface area contributed by atoms with Crippen molar-refractivity contribution in [1.82, 2.24) is 14.5 Å². The van der Waals surface area contributed by atoms with Crippen molar-refractivity contribution in [3.8, 4) is 61.7 Å². The molecule has 3 heteroatoms. The lowest BCUT2D eigenvalue weighted by Crippen LogP contribution is -1.99. The van der Waals surface area contributed by atoms with Crippen molar-refractivity contribution in [1.29, 1.82) is 0 Å². The SMILES string of the molecule is c1ccc(-c2cccc(-c3nc(-c4cccc(-c5cccc(-c6ccc7c8ccccc8c8ccccc8c7c6)c5)c4)nc4c3c3ccccc3n4-c3ccccc3)c2)cc1. The second-order valence-electron chi connectivity index (χ2n) is 15.7. The third-order valence-electron chi connectivity index (χ3n) is 12.2. The molecule has 61 heavy (non-hydrogen) atoms. The summed E-state index contributed by atoms with van der Waals surface area (Å²) in [6.45, 7) is 0. The van der Waals surface area contributed by atoms with Crippen molar-refractivity contribution in [3.63, 3.8) is 0 Å². The molecule has 0 aliphatic heterocycles. The maximum absolute atomic E-state index is 5.48. The molecule has 10 aromatic carbocycles. The van der Waals surface area contributed by atoms with Crippen LogP contribution in [0.1, 0.15) is 0 Å². The average Bonchev–Trinajstić information content (AvgIpc) is 3.68. The fourth-order valence-corrected chi connectivity index (χ4v) is 9.31. The molecule has 0 N–H and O–H groups in total. The summed E-state index contributed by atoms with van der Waals surface area (Å²) < 4.78 is 2.28. The molecule has 284 valence electrons. The molecule has 2 aromatic heterocycles. The summed E-state index contributed by atoms with van der Waals surface area (Å²) in [5.74, 6) is 0.680. The summed E-state index contributed by atoms with van der Waals surface area (Å²) in [7, 11) is 0. The Balaban J connectivity index is 1.02. The van der Waals surface area contributed by atoms with Crippen LogP contribution in [0, 0.1) is 0 Å². The molecule has 0 saturated carbocycles. The van der Waals surface area contributed by atoms with E-state index in [-0.39, 0.29) is 0 Å². The number of hydrogen-bond acceptors (Lipinski definition) is 2. The number of fused-ring (bicyclic) bond motifs is 9. The number of benzene rings is 10. The van der Waals surface area contributed by atoms with Gasteiger partial charge in [-0.05, 0) is 108 Å². The highest BCUT2D eigenvalue weighted by Crippen LogP contribution is 2.41. The van der Waals surface area contributed by atoms with Crippen LogP contribution in [-0.2, 0) is 0 Å². The Morgan fingerprint density at radius 1 is 0.279 bits per heavy atom. The van der Waals surface area contributed by atoms with Gasteiger partial charge in [-0.2, -0.15) is 0 Å². The Morgan fingerprint density at radius 2 is 0.721 bits per heavy atom. The molecule has 0 radical (unpaired) electrons. The predicted octanol–water partition coefficient (Wildman–Crippen LogP) is 15.4. The van der Waals surface area contributed by atoms with E-state index < -0.39 is 0 Å². The van der Waals surface area contributed by atoms with Gasteiger partial charge in [0.2, 0.25) is 0 Å². The van der Waals surface area contributed by atoms with Gasteiger partial charge >= 0.3 is 0 Å². The van der Waals surface area contributed by atoms with Crippen molar-refractivity contribution < 1.29 is 0 Å². The molecule has 12 aromatic rings. The lowest BCUT2D eigenvalue weighted by Gasteiger charge is -2.13. The van der Waals surface area contributed by atoms with Crippen LogP contribution in [0.3, 0.4) is 0 Å². The van der Waals surface area contributed by atoms with Gasteiger partial charge in [-0.15, -0.1) is 0 Å². The number of rotatable bonds is 6. The quantitative estimate of drug-likeness (QED) is 0.158. The van der Waals surface area contributed by atoms with Gasteiger partial charge in [-0.25, -0.2) is 9.97 Å². The van der Waals surface area contributed by atoms with E-state index in [1.807, 2.05) is 0 Å². The summed E-state index contributed by atoms with van der Waals surface area (Å²) in [6, 6.07) is 80.4. The summed E-state index contributed by atoms with van der Waals surface area (Å²) >= 11 is 0. The molecule has 0 fully saturated rings. The van der Waals surface area contributed by atoms with Crippen LogP contribution in [0.15, 0.2) is 224 Å². The largest absolute Gasteiger partial charge is 0.294 e. The molecule has 0 amide bonds. The fraction of sp³-hybridized carbons (Fsp3) is 0. The van der Waals surface area contributed by atoms with Gasteiger partial charge in [-0.1, -0.05) is 182 Å². The van der Waals surface area contributed by atoms with E-state index in [1.165, 1.54) is 49.0 Å². The molecular formula is C58H37N3. The zero-order valence-electron chi connectivity index (χ0n) is 33.2. The third kappa shape index (κ3) is 5.90. The smallest absolute Gasteiger partial charge is 0.162 e. The minimum absolute atomic E-state index is 0.680. The van der Waals surface area contributed by atoms with Crippen molar-refractivity contribution in [2.45, 2.75) is 0 Å². The molecule has 2 heterocycles. The normalized spacial score (nSPS) is 11.6. The maximum Gasteiger partial charge on any atom is 0.162 e. The minimum atomic E-state index is 0.680. The van der Waals surface area contributed by atoms with Crippen LogP contribution in [0.5, 0.6) is 0 Å². The highest BCUT2D eigenvalue weighted by molar-refractivity contribution is 6.25. The summed E-state index contributed by atoms with van der Waals surface area (Å²) in [5.41, 5.74) is 12.9. The zero-order valence-corrected chi connectivity index (χ0v) is 33.2. The number of hydrogen-bond donors (Lipinski definition) is 0. The van der Waals surface area contributed by atoms with Crippen molar-refractivity contribution >= 4 is 54.3 Å². The third-order valence-corrected chi connectivity index (χ3v) is 12.2. The summed E-state index contributed by atoms with van der Waals surface area (Å²) in [6.07, 6.45) is 0. The zero-order chi connectivity index (χ0) is 40.3. The summed E-state index contributed by atoms with van der Waals surface area (Å²) in [4.78, 5) is 10.9. The second-order valence-corrected chi connectivity index (χ2v) is 15.7. The van der Waals surface area contributed by atoms with Crippen LogP contribution in [0.25, 0.3) is 116 Å². The Kier molecular flexibility index (Phi) is 8.17. The molecule has 0 atom stereocenters. The Hall–Kier alpha value is -8.14. The van der Waals surface area contributed by atoms with Gasteiger partial charge in [0, 0.05) is 22.2 Å². The van der Waals surface area contributed by atoms with E-state index in [9.17, 15) is 0 Å². The molecule has 12 rings (SSSR count). The van der Waals surface area contributed by atoms with Crippen LogP contribution < -0.4 is 0 Å². The fourth-order valence-electron chi connectivity index (χ4n) is 9.31. The predicted molar refractivity (Wildman–Crippen MR) is 256 cm³/mol. The molecule has 0 aliphatic carbocycles. The second kappa shape index (κ2) is 14.3. The molecular weight excluding hydrogens is 739 g/mol. The van der Waals surface area contributed by atoms with Crippen molar-refractivity contribution in [2.24, 2.45) is 0 Å². The monoisotopic (exact) mass is 775 g/mol. The lowest BCUT2D eigenvalue weighted by atomic mass is 9.91. The van der Waals surface area contributed by atoms with E-state index in [4.69, 9.17) is 9.97 Å². The lowest BCUT2D eigenvalue weighted by molar-refractivity contribution is 1.11. The van der Waals surface area contributed by atoms with Gasteiger partial charge < -0.3 is 0 Å². The Labute approximate surface area is 353 Å². The minimum Gasteiger partial charge on any atom is -0.294 e. The van der Waals surface area contributed by atoms with Crippen molar-refractivity contribution in [2.75, 3.05) is 0 Å². The average molecular weight is 776 g/mol. The number of para-hydroxylation sites is 2. The van der Waals surface area contributed by atoms with E-state index in [0.29, 0.717) is 5.82 Å². The number of aromatic nitrogens is 3. The van der Waals surface area contributed by atoms with Gasteiger partial charge in [0.05, 0.1) is 16.6 Å². The van der Waals surface area contributed by atoms with E-state index in [1.54, 1.807) is 0 Å². The van der Waals surface area contributed by atoms with E-state index in [0.717, 1.165) is 61.1 Å². The Morgan fingerprint density at radius 3 is 1.38 bits per heavy atom. The van der Waals surface area contributed by atoms with Crippen LogP contribution in [0.4, 0.5) is 0 Å². The van der Waals surface area contributed by atoms with Gasteiger partial charge in [0.15, 0.2) is 5.82 Å². The maximum atomic E-state index is 5.48. The summed E-state index contributed by atoms with van der Waals surface area (Å²) in [5, 5.41) is 9.83. The molecule has 0 bridgehead atoms. The van der Waals surface area contributed by atoms with Crippen LogP contribution in [-0.4, -0.2) is 14.5 Å².